The smallest absolute Gasteiger partial charge is 0.0255 e. The molecule has 2 rings (SSSR count). The molecule has 100 valence electrons. The van der Waals surface area contributed by atoms with Crippen LogP contribution in [0.15, 0.2) is 54.6 Å². The van der Waals surface area contributed by atoms with Gasteiger partial charge in [0.1, 0.15) is 0 Å². The van der Waals surface area contributed by atoms with E-state index in [1.165, 1.54) is 29.5 Å². The van der Waals surface area contributed by atoms with Crippen molar-refractivity contribution in [1.82, 2.24) is 0 Å². The van der Waals surface area contributed by atoms with Crippen LogP contribution in [0.5, 0.6) is 0 Å². The van der Waals surface area contributed by atoms with Gasteiger partial charge in [-0.05, 0) is 30.0 Å². The van der Waals surface area contributed by atoms with Crippen LogP contribution in [-0.4, -0.2) is 4.83 Å². The molecule has 0 nitrogen and oxygen atoms in total. The van der Waals surface area contributed by atoms with Crippen LogP contribution < -0.4 is 0 Å². The Hall–Kier alpha value is -1.08. The van der Waals surface area contributed by atoms with Crippen LogP contribution in [0.3, 0.4) is 0 Å². The van der Waals surface area contributed by atoms with Gasteiger partial charge in [-0.1, -0.05) is 83.9 Å². The third-order valence-corrected chi connectivity index (χ3v) is 4.59. The Morgan fingerprint density at radius 1 is 0.947 bits per heavy atom. The average Bonchev–Trinajstić information content (AvgIpc) is 2.43. The molecule has 2 aromatic rings. The Labute approximate surface area is 125 Å². The average molecular weight is 317 g/mol. The minimum absolute atomic E-state index is 0.433. The van der Waals surface area contributed by atoms with E-state index in [9.17, 15) is 0 Å². The third kappa shape index (κ3) is 3.48. The van der Waals surface area contributed by atoms with E-state index < -0.39 is 0 Å². The maximum absolute atomic E-state index is 3.91. The first-order valence-electron chi connectivity index (χ1n) is 6.98. The number of aryl methyl sites for hydroxylation is 1. The van der Waals surface area contributed by atoms with E-state index in [0.717, 1.165) is 0 Å². The molecule has 0 fully saturated rings. The highest BCUT2D eigenvalue weighted by molar-refractivity contribution is 9.09. The molecule has 0 bridgehead atoms. The molecule has 0 saturated carbocycles. The van der Waals surface area contributed by atoms with Crippen molar-refractivity contribution in [1.29, 1.82) is 0 Å². The fourth-order valence-electron chi connectivity index (χ4n) is 2.62. The molecule has 0 aliphatic rings. The number of halogens is 1. The zero-order chi connectivity index (χ0) is 13.7. The minimum atomic E-state index is 0.433. The Kier molecular flexibility index (Phi) is 5.21. The Balaban J connectivity index is 2.43. The molecule has 1 heteroatoms. The largest absolute Gasteiger partial charge is 0.0880 e. The van der Waals surface area contributed by atoms with Crippen molar-refractivity contribution < 1.29 is 0 Å². The maximum Gasteiger partial charge on any atom is 0.0255 e. The van der Waals surface area contributed by atoms with Crippen molar-refractivity contribution in [3.05, 3.63) is 71.3 Å². The van der Waals surface area contributed by atoms with Gasteiger partial charge < -0.3 is 0 Å². The Morgan fingerprint density at radius 3 is 2.21 bits per heavy atom. The van der Waals surface area contributed by atoms with Gasteiger partial charge >= 0.3 is 0 Å². The first kappa shape index (κ1) is 14.3. The molecule has 2 aromatic carbocycles. The fraction of sp³-hybridized carbons (Fsp3) is 0.333. The normalized spacial score (nSPS) is 14.1. The second kappa shape index (κ2) is 6.91. The van der Waals surface area contributed by atoms with E-state index in [-0.39, 0.29) is 0 Å². The van der Waals surface area contributed by atoms with Gasteiger partial charge in [0, 0.05) is 10.7 Å². The van der Waals surface area contributed by atoms with Gasteiger partial charge in [-0.25, -0.2) is 0 Å². The van der Waals surface area contributed by atoms with Gasteiger partial charge in [-0.3, -0.25) is 0 Å². The zero-order valence-corrected chi connectivity index (χ0v) is 13.2. The molecular weight excluding hydrogens is 296 g/mol. The van der Waals surface area contributed by atoms with Crippen LogP contribution in [0, 0.1) is 6.92 Å². The quantitative estimate of drug-likeness (QED) is 0.621. The van der Waals surface area contributed by atoms with E-state index in [2.05, 4.69) is 84.4 Å². The maximum atomic E-state index is 3.91. The summed E-state index contributed by atoms with van der Waals surface area (Å²) in [6, 6.07) is 19.5. The van der Waals surface area contributed by atoms with E-state index >= 15 is 0 Å². The highest BCUT2D eigenvalue weighted by atomic mass is 79.9. The van der Waals surface area contributed by atoms with Crippen molar-refractivity contribution in [2.45, 2.75) is 37.4 Å². The zero-order valence-electron chi connectivity index (χ0n) is 11.6. The summed E-state index contributed by atoms with van der Waals surface area (Å²) in [4.78, 5) is 0.487. The van der Waals surface area contributed by atoms with E-state index in [4.69, 9.17) is 0 Å². The molecule has 0 N–H and O–H groups in total. The molecule has 2 atom stereocenters. The van der Waals surface area contributed by atoms with Crippen LogP contribution in [0.1, 0.15) is 42.4 Å². The highest BCUT2D eigenvalue weighted by Crippen LogP contribution is 2.35. The predicted molar refractivity (Wildman–Crippen MR) is 87.1 cm³/mol. The summed E-state index contributed by atoms with van der Waals surface area (Å²) < 4.78 is 0. The number of rotatable bonds is 5. The van der Waals surface area contributed by atoms with Crippen LogP contribution in [0.25, 0.3) is 0 Å². The molecular formula is C18H21Br. The first-order chi connectivity index (χ1) is 9.24. The molecule has 0 aliphatic heterocycles. The highest BCUT2D eigenvalue weighted by Gasteiger charge is 2.23. The van der Waals surface area contributed by atoms with Crippen molar-refractivity contribution in [2.75, 3.05) is 0 Å². The van der Waals surface area contributed by atoms with Gasteiger partial charge in [0.2, 0.25) is 0 Å². The van der Waals surface area contributed by atoms with Crippen molar-refractivity contribution in [2.24, 2.45) is 0 Å². The van der Waals surface area contributed by atoms with Gasteiger partial charge in [0.25, 0.3) is 0 Å². The number of hydrogen-bond donors (Lipinski definition) is 0. The van der Waals surface area contributed by atoms with Gasteiger partial charge in [0.05, 0.1) is 0 Å². The summed E-state index contributed by atoms with van der Waals surface area (Å²) in [6.45, 7) is 4.45. The standard InChI is InChI=1S/C18H21Br/c1-3-9-17(19)18(15-11-5-4-6-12-15)16-13-8-7-10-14(16)2/h4-8,10-13,17-18H,3,9H2,1-2H3. The molecule has 0 heterocycles. The molecule has 0 radical (unpaired) electrons. The van der Waals surface area contributed by atoms with Crippen molar-refractivity contribution in [3.8, 4) is 0 Å². The lowest BCUT2D eigenvalue weighted by molar-refractivity contribution is 0.675. The van der Waals surface area contributed by atoms with Gasteiger partial charge in [0.15, 0.2) is 0 Å². The second-order valence-corrected chi connectivity index (χ2v) is 6.23. The topological polar surface area (TPSA) is 0 Å². The summed E-state index contributed by atoms with van der Waals surface area (Å²) in [7, 11) is 0. The Morgan fingerprint density at radius 2 is 1.58 bits per heavy atom. The van der Waals surface area contributed by atoms with E-state index in [0.29, 0.717) is 10.7 Å². The molecule has 0 amide bonds. The lowest BCUT2D eigenvalue weighted by atomic mass is 9.85. The fourth-order valence-corrected chi connectivity index (χ4v) is 3.67. The number of benzene rings is 2. The summed E-state index contributed by atoms with van der Waals surface area (Å²) in [5.74, 6) is 0.433. The Bertz CT molecular complexity index is 504. The summed E-state index contributed by atoms with van der Waals surface area (Å²) in [5, 5.41) is 0. The van der Waals surface area contributed by atoms with Crippen LogP contribution in [0.2, 0.25) is 0 Å². The van der Waals surface area contributed by atoms with Crippen LogP contribution in [-0.2, 0) is 0 Å². The number of hydrogen-bond acceptors (Lipinski definition) is 0. The molecule has 0 aliphatic carbocycles. The first-order valence-corrected chi connectivity index (χ1v) is 7.90. The monoisotopic (exact) mass is 316 g/mol. The van der Waals surface area contributed by atoms with Gasteiger partial charge in [-0.15, -0.1) is 0 Å². The molecule has 2 unspecified atom stereocenters. The van der Waals surface area contributed by atoms with Crippen LogP contribution in [0.4, 0.5) is 0 Å². The molecule has 0 aromatic heterocycles. The molecule has 0 saturated heterocycles. The summed E-state index contributed by atoms with van der Waals surface area (Å²) in [6.07, 6.45) is 2.39. The lowest BCUT2D eigenvalue weighted by Gasteiger charge is -2.25. The van der Waals surface area contributed by atoms with Gasteiger partial charge in [-0.2, -0.15) is 0 Å². The van der Waals surface area contributed by atoms with E-state index in [1.54, 1.807) is 0 Å². The predicted octanol–water partition coefficient (Wildman–Crippen LogP) is 5.69. The second-order valence-electron chi connectivity index (χ2n) is 5.05. The number of alkyl halides is 1. The molecule has 0 spiro atoms. The van der Waals surface area contributed by atoms with Crippen molar-refractivity contribution >= 4 is 15.9 Å². The lowest BCUT2D eigenvalue weighted by Crippen LogP contribution is -2.15. The third-order valence-electron chi connectivity index (χ3n) is 3.61. The van der Waals surface area contributed by atoms with Crippen molar-refractivity contribution in [3.63, 3.8) is 0 Å². The summed E-state index contributed by atoms with van der Waals surface area (Å²) >= 11 is 3.91. The minimum Gasteiger partial charge on any atom is -0.0880 e. The summed E-state index contributed by atoms with van der Waals surface area (Å²) in [5.41, 5.74) is 4.20. The van der Waals surface area contributed by atoms with E-state index in [1.807, 2.05) is 0 Å². The SMILES string of the molecule is CCCC(Br)C(c1ccccc1)c1ccccc1C. The van der Waals surface area contributed by atoms with Crippen LogP contribution >= 0.6 is 15.9 Å². The molecule has 19 heavy (non-hydrogen) atoms.